The molecule has 0 amide bonds. The molecule has 1 aliphatic heterocycles. The molecule has 0 fully saturated rings. The van der Waals surface area contributed by atoms with Crippen LogP contribution in [-0.4, -0.2) is 15.0 Å². The van der Waals surface area contributed by atoms with E-state index in [1.54, 1.807) is 12.1 Å². The fraction of sp³-hybridized carbons (Fsp3) is 0.235. The first-order chi connectivity index (χ1) is 10.9. The van der Waals surface area contributed by atoms with Gasteiger partial charge in [0.15, 0.2) is 0 Å². The molecule has 118 valence electrons. The molecule has 1 heterocycles. The average molecular weight is 330 g/mol. The predicted octanol–water partition coefficient (Wildman–Crippen LogP) is 3.15. The number of aryl methyl sites for hydroxylation is 2. The number of nitriles is 1. The molecule has 0 radical (unpaired) electrons. The molecule has 0 bridgehead atoms. The van der Waals surface area contributed by atoms with Crippen molar-refractivity contribution in [1.29, 1.82) is 5.26 Å². The van der Waals surface area contributed by atoms with Crippen LogP contribution in [0.5, 0.6) is 0 Å². The van der Waals surface area contributed by atoms with Crippen LogP contribution >= 0.6 is 0 Å². The first-order valence-corrected chi connectivity index (χ1v) is 8.69. The fourth-order valence-corrected chi connectivity index (χ4v) is 4.39. The Balaban J connectivity index is 2.10. The number of sulfonamides is 1. The van der Waals surface area contributed by atoms with Crippen LogP contribution in [0.25, 0.3) is 0 Å². The number of nitrogens with zero attached hydrogens (tertiary/aromatic N) is 2. The summed E-state index contributed by atoms with van der Waals surface area (Å²) in [7, 11) is -3.82. The van der Waals surface area contributed by atoms with E-state index in [1.807, 2.05) is 19.1 Å². The quantitative estimate of drug-likeness (QED) is 0.850. The van der Waals surface area contributed by atoms with E-state index in [9.17, 15) is 12.8 Å². The number of anilines is 1. The Kier molecular flexibility index (Phi) is 3.82. The molecule has 2 aromatic rings. The van der Waals surface area contributed by atoms with Crippen LogP contribution in [0.4, 0.5) is 10.1 Å². The summed E-state index contributed by atoms with van der Waals surface area (Å²) in [5.74, 6) is -0.721. The molecule has 0 aliphatic carbocycles. The van der Waals surface area contributed by atoms with Crippen molar-refractivity contribution in [2.45, 2.75) is 24.7 Å². The summed E-state index contributed by atoms with van der Waals surface area (Å²) in [5.41, 5.74) is 2.45. The highest BCUT2D eigenvalue weighted by Gasteiger charge is 2.29. The standard InChI is InChI=1S/C17H15FN2O2S/c1-12-4-7-17-13(9-12)3-2-8-20(17)23(21,22)15-5-6-16(18)14(10-15)11-19/h4-7,9-10H,2-3,8H2,1H3. The summed E-state index contributed by atoms with van der Waals surface area (Å²) < 4.78 is 40.6. The lowest BCUT2D eigenvalue weighted by Crippen LogP contribution is -2.35. The monoisotopic (exact) mass is 330 g/mol. The molecule has 1 aliphatic rings. The lowest BCUT2D eigenvalue weighted by Gasteiger charge is -2.30. The Bertz CT molecular complexity index is 917. The van der Waals surface area contributed by atoms with Crippen molar-refractivity contribution >= 4 is 15.7 Å². The smallest absolute Gasteiger partial charge is 0.264 e. The molecule has 0 spiro atoms. The number of rotatable bonds is 2. The Hall–Kier alpha value is -2.39. The lowest BCUT2D eigenvalue weighted by molar-refractivity contribution is 0.585. The van der Waals surface area contributed by atoms with Gasteiger partial charge < -0.3 is 0 Å². The van der Waals surface area contributed by atoms with Gasteiger partial charge in [-0.1, -0.05) is 17.7 Å². The highest BCUT2D eigenvalue weighted by atomic mass is 32.2. The van der Waals surface area contributed by atoms with Crippen LogP contribution in [0.2, 0.25) is 0 Å². The maximum Gasteiger partial charge on any atom is 0.264 e. The van der Waals surface area contributed by atoms with Gasteiger partial charge >= 0.3 is 0 Å². The number of hydrogen-bond donors (Lipinski definition) is 0. The van der Waals surface area contributed by atoms with Crippen molar-refractivity contribution in [3.8, 4) is 6.07 Å². The van der Waals surface area contributed by atoms with Crippen LogP contribution in [0, 0.1) is 24.1 Å². The zero-order chi connectivity index (χ0) is 16.6. The summed E-state index contributed by atoms with van der Waals surface area (Å²) in [6.45, 7) is 2.34. The molecule has 23 heavy (non-hydrogen) atoms. The lowest BCUT2D eigenvalue weighted by atomic mass is 10.0. The second-order valence-electron chi connectivity index (χ2n) is 5.57. The van der Waals surface area contributed by atoms with Gasteiger partial charge in [-0.3, -0.25) is 4.31 Å². The first-order valence-electron chi connectivity index (χ1n) is 7.25. The van der Waals surface area contributed by atoms with Crippen LogP contribution in [0.15, 0.2) is 41.3 Å². The molecule has 0 aromatic heterocycles. The number of halogens is 1. The van der Waals surface area contributed by atoms with Gasteiger partial charge in [0, 0.05) is 6.54 Å². The van der Waals surface area contributed by atoms with E-state index < -0.39 is 15.8 Å². The third-order valence-electron chi connectivity index (χ3n) is 3.96. The number of hydrogen-bond acceptors (Lipinski definition) is 3. The second kappa shape index (κ2) is 5.67. The highest BCUT2D eigenvalue weighted by molar-refractivity contribution is 7.92. The summed E-state index contributed by atoms with van der Waals surface area (Å²) in [6.07, 6.45) is 1.55. The Labute approximate surface area is 134 Å². The van der Waals surface area contributed by atoms with Crippen LogP contribution in [-0.2, 0) is 16.4 Å². The van der Waals surface area contributed by atoms with Crippen LogP contribution < -0.4 is 4.31 Å². The van der Waals surface area contributed by atoms with Crippen molar-refractivity contribution in [1.82, 2.24) is 0 Å². The third-order valence-corrected chi connectivity index (χ3v) is 5.77. The van der Waals surface area contributed by atoms with Crippen molar-refractivity contribution in [3.63, 3.8) is 0 Å². The summed E-state index contributed by atoms with van der Waals surface area (Å²) in [5, 5.41) is 8.91. The first kappa shape index (κ1) is 15.5. The van der Waals surface area contributed by atoms with Crippen molar-refractivity contribution in [3.05, 3.63) is 58.9 Å². The molecule has 0 N–H and O–H groups in total. The largest absolute Gasteiger partial charge is 0.266 e. The van der Waals surface area contributed by atoms with Gasteiger partial charge in [-0.25, -0.2) is 12.8 Å². The van der Waals surface area contributed by atoms with Gasteiger partial charge in [-0.15, -0.1) is 0 Å². The van der Waals surface area contributed by atoms with Crippen LogP contribution in [0.1, 0.15) is 23.1 Å². The van der Waals surface area contributed by atoms with Gasteiger partial charge in [0.1, 0.15) is 11.9 Å². The summed E-state index contributed by atoms with van der Waals surface area (Å²) in [4.78, 5) is -0.0659. The zero-order valence-electron chi connectivity index (χ0n) is 12.6. The minimum atomic E-state index is -3.82. The van der Waals surface area contributed by atoms with Gasteiger partial charge in [0.25, 0.3) is 10.0 Å². The maximum absolute atomic E-state index is 13.5. The molecular weight excluding hydrogens is 315 g/mol. The zero-order valence-corrected chi connectivity index (χ0v) is 13.4. The summed E-state index contributed by atoms with van der Waals surface area (Å²) in [6, 6.07) is 10.7. The normalized spacial score (nSPS) is 14.2. The van der Waals surface area contributed by atoms with Crippen molar-refractivity contribution in [2.75, 3.05) is 10.8 Å². The SMILES string of the molecule is Cc1ccc2c(c1)CCCN2S(=O)(=O)c1ccc(F)c(C#N)c1. The average Bonchev–Trinajstić information content (AvgIpc) is 2.54. The number of benzene rings is 2. The molecule has 0 atom stereocenters. The molecule has 0 saturated heterocycles. The van der Waals surface area contributed by atoms with E-state index in [1.165, 1.54) is 10.4 Å². The highest BCUT2D eigenvalue weighted by Crippen LogP contribution is 2.32. The number of fused-ring (bicyclic) bond motifs is 1. The van der Waals surface area contributed by atoms with Crippen molar-refractivity contribution in [2.24, 2.45) is 0 Å². The Morgan fingerprint density at radius 3 is 2.74 bits per heavy atom. The van der Waals surface area contributed by atoms with Crippen LogP contribution in [0.3, 0.4) is 0 Å². The maximum atomic E-state index is 13.5. The van der Waals surface area contributed by atoms with E-state index in [4.69, 9.17) is 5.26 Å². The van der Waals surface area contributed by atoms with Gasteiger partial charge in [0.05, 0.1) is 16.1 Å². The Morgan fingerprint density at radius 2 is 2.00 bits per heavy atom. The fourth-order valence-electron chi connectivity index (χ4n) is 2.82. The van der Waals surface area contributed by atoms with Gasteiger partial charge in [-0.05, 0) is 49.6 Å². The van der Waals surface area contributed by atoms with E-state index in [0.29, 0.717) is 12.2 Å². The molecule has 6 heteroatoms. The van der Waals surface area contributed by atoms with E-state index in [2.05, 4.69) is 0 Å². The molecule has 2 aromatic carbocycles. The third kappa shape index (κ3) is 2.68. The molecule has 3 rings (SSSR count). The van der Waals surface area contributed by atoms with Gasteiger partial charge in [-0.2, -0.15) is 5.26 Å². The van der Waals surface area contributed by atoms with E-state index in [-0.39, 0.29) is 10.5 Å². The topological polar surface area (TPSA) is 61.2 Å². The minimum Gasteiger partial charge on any atom is -0.266 e. The summed E-state index contributed by atoms with van der Waals surface area (Å²) >= 11 is 0. The predicted molar refractivity (Wildman–Crippen MR) is 85.1 cm³/mol. The molecule has 0 unspecified atom stereocenters. The van der Waals surface area contributed by atoms with Gasteiger partial charge in [0.2, 0.25) is 0 Å². The molecule has 4 nitrogen and oxygen atoms in total. The second-order valence-corrected chi connectivity index (χ2v) is 7.43. The minimum absolute atomic E-state index is 0.0659. The Morgan fingerprint density at radius 1 is 1.22 bits per heavy atom. The van der Waals surface area contributed by atoms with E-state index >= 15 is 0 Å². The molecular formula is C17H15FN2O2S. The molecule has 0 saturated carbocycles. The van der Waals surface area contributed by atoms with E-state index in [0.717, 1.165) is 36.1 Å². The van der Waals surface area contributed by atoms with Crippen molar-refractivity contribution < 1.29 is 12.8 Å².